The molecule has 1 N–H and O–H groups in total. The number of aromatic nitrogens is 1. The summed E-state index contributed by atoms with van der Waals surface area (Å²) in [5, 5.41) is 2.82. The monoisotopic (exact) mass is 375 g/mol. The van der Waals surface area contributed by atoms with Gasteiger partial charge in [-0.25, -0.2) is 4.98 Å². The first kappa shape index (κ1) is 17.9. The van der Waals surface area contributed by atoms with E-state index in [2.05, 4.69) is 33.4 Å². The standard InChI is InChI=1S/C22H21N3O3/c1-27-19-9-7-16(13-20(19)28-2)22(26)24-21-10-8-17(14-23-21)25-12-11-15-5-3-4-6-18(15)25/h3-10,13-14H,11-12H2,1-2H3,(H,23,24,26). The minimum atomic E-state index is -0.257. The van der Waals surface area contributed by atoms with Crippen molar-refractivity contribution in [2.24, 2.45) is 0 Å². The Morgan fingerprint density at radius 3 is 2.61 bits per heavy atom. The van der Waals surface area contributed by atoms with Crippen LogP contribution in [0.2, 0.25) is 0 Å². The second kappa shape index (κ2) is 7.60. The van der Waals surface area contributed by atoms with E-state index in [9.17, 15) is 4.79 Å². The quantitative estimate of drug-likeness (QED) is 0.729. The number of hydrogen-bond donors (Lipinski definition) is 1. The fourth-order valence-electron chi connectivity index (χ4n) is 3.39. The Kier molecular flexibility index (Phi) is 4.85. The molecular formula is C22H21N3O3. The number of carbonyl (C=O) groups is 1. The molecule has 6 heteroatoms. The molecule has 0 saturated carbocycles. The molecule has 0 atom stereocenters. The van der Waals surface area contributed by atoms with Gasteiger partial charge >= 0.3 is 0 Å². The minimum Gasteiger partial charge on any atom is -0.493 e. The van der Waals surface area contributed by atoms with E-state index in [-0.39, 0.29) is 5.91 Å². The summed E-state index contributed by atoms with van der Waals surface area (Å²) in [5.74, 6) is 1.32. The molecule has 4 rings (SSSR count). The van der Waals surface area contributed by atoms with Crippen molar-refractivity contribution in [3.63, 3.8) is 0 Å². The van der Waals surface area contributed by atoms with Gasteiger partial charge in [0.1, 0.15) is 5.82 Å². The third-order valence-electron chi connectivity index (χ3n) is 4.83. The molecule has 0 saturated heterocycles. The Bertz CT molecular complexity index is 1000. The number of anilines is 3. The third kappa shape index (κ3) is 3.36. The van der Waals surface area contributed by atoms with Crippen molar-refractivity contribution >= 4 is 23.1 Å². The van der Waals surface area contributed by atoms with Gasteiger partial charge in [-0.05, 0) is 48.4 Å². The number of rotatable bonds is 5. The molecule has 1 aromatic heterocycles. The lowest BCUT2D eigenvalue weighted by atomic mass is 10.2. The van der Waals surface area contributed by atoms with Crippen LogP contribution >= 0.6 is 0 Å². The molecule has 1 aliphatic rings. The molecule has 0 fully saturated rings. The molecule has 2 aromatic carbocycles. The van der Waals surface area contributed by atoms with E-state index in [0.717, 1.165) is 18.7 Å². The smallest absolute Gasteiger partial charge is 0.256 e. The summed E-state index contributed by atoms with van der Waals surface area (Å²) in [7, 11) is 3.10. The lowest BCUT2D eigenvalue weighted by Gasteiger charge is -2.19. The number of para-hydroxylation sites is 1. The van der Waals surface area contributed by atoms with E-state index in [1.165, 1.54) is 18.4 Å². The Hall–Kier alpha value is -3.54. The van der Waals surface area contributed by atoms with E-state index in [1.54, 1.807) is 31.5 Å². The highest BCUT2D eigenvalue weighted by atomic mass is 16.5. The molecule has 0 unspecified atom stereocenters. The Balaban J connectivity index is 1.49. The summed E-state index contributed by atoms with van der Waals surface area (Å²) >= 11 is 0. The molecule has 0 spiro atoms. The van der Waals surface area contributed by atoms with E-state index in [1.807, 2.05) is 18.2 Å². The summed E-state index contributed by atoms with van der Waals surface area (Å²) in [6, 6.07) is 17.2. The number of methoxy groups -OCH3 is 2. The Morgan fingerprint density at radius 1 is 1.04 bits per heavy atom. The first-order chi connectivity index (χ1) is 13.7. The first-order valence-electron chi connectivity index (χ1n) is 9.04. The normalized spacial score (nSPS) is 12.4. The number of hydrogen-bond acceptors (Lipinski definition) is 5. The van der Waals surface area contributed by atoms with Crippen LogP contribution in [0, 0.1) is 0 Å². The number of nitrogens with zero attached hydrogens (tertiary/aromatic N) is 2. The van der Waals surface area contributed by atoms with E-state index in [0.29, 0.717) is 22.9 Å². The molecule has 0 radical (unpaired) electrons. The highest BCUT2D eigenvalue weighted by molar-refractivity contribution is 6.04. The average molecular weight is 375 g/mol. The van der Waals surface area contributed by atoms with Crippen LogP contribution in [0.15, 0.2) is 60.8 Å². The van der Waals surface area contributed by atoms with Crippen LogP contribution in [0.25, 0.3) is 0 Å². The maximum Gasteiger partial charge on any atom is 0.256 e. The lowest BCUT2D eigenvalue weighted by Crippen LogP contribution is -2.15. The van der Waals surface area contributed by atoms with Gasteiger partial charge in [-0.2, -0.15) is 0 Å². The number of fused-ring (bicyclic) bond motifs is 1. The van der Waals surface area contributed by atoms with Gasteiger partial charge in [-0.15, -0.1) is 0 Å². The fraction of sp³-hybridized carbons (Fsp3) is 0.182. The molecule has 6 nitrogen and oxygen atoms in total. The van der Waals surface area contributed by atoms with E-state index < -0.39 is 0 Å². The molecule has 2 heterocycles. The van der Waals surface area contributed by atoms with Gasteiger partial charge in [0.2, 0.25) is 0 Å². The molecule has 0 bridgehead atoms. The van der Waals surface area contributed by atoms with Crippen LogP contribution in [0.3, 0.4) is 0 Å². The predicted octanol–water partition coefficient (Wildman–Crippen LogP) is 4.05. The number of pyridine rings is 1. The number of nitrogens with one attached hydrogen (secondary N) is 1. The number of benzene rings is 2. The van der Waals surface area contributed by atoms with Gasteiger partial charge in [-0.3, -0.25) is 4.79 Å². The molecule has 142 valence electrons. The number of amides is 1. The zero-order valence-corrected chi connectivity index (χ0v) is 15.8. The second-order valence-electron chi connectivity index (χ2n) is 6.46. The Morgan fingerprint density at radius 2 is 1.86 bits per heavy atom. The third-order valence-corrected chi connectivity index (χ3v) is 4.83. The largest absolute Gasteiger partial charge is 0.493 e. The summed E-state index contributed by atoms with van der Waals surface area (Å²) in [4.78, 5) is 19.2. The lowest BCUT2D eigenvalue weighted by molar-refractivity contribution is 0.102. The van der Waals surface area contributed by atoms with Crippen LogP contribution in [-0.4, -0.2) is 31.7 Å². The Labute approximate surface area is 163 Å². The van der Waals surface area contributed by atoms with E-state index in [4.69, 9.17) is 9.47 Å². The first-order valence-corrected chi connectivity index (χ1v) is 9.04. The van der Waals surface area contributed by atoms with Crippen molar-refractivity contribution in [2.75, 3.05) is 31.0 Å². The van der Waals surface area contributed by atoms with Gasteiger partial charge in [0, 0.05) is 17.8 Å². The molecule has 0 aliphatic carbocycles. The average Bonchev–Trinajstić information content (AvgIpc) is 3.18. The molecule has 28 heavy (non-hydrogen) atoms. The summed E-state index contributed by atoms with van der Waals surface area (Å²) in [6.45, 7) is 0.929. The van der Waals surface area contributed by atoms with Crippen molar-refractivity contribution in [3.8, 4) is 11.5 Å². The van der Waals surface area contributed by atoms with Crippen molar-refractivity contribution in [1.29, 1.82) is 0 Å². The zero-order chi connectivity index (χ0) is 19.5. The van der Waals surface area contributed by atoms with Crippen molar-refractivity contribution in [1.82, 2.24) is 4.98 Å². The van der Waals surface area contributed by atoms with Gasteiger partial charge in [-0.1, -0.05) is 18.2 Å². The molecule has 3 aromatic rings. The highest BCUT2D eigenvalue weighted by Crippen LogP contribution is 2.34. The van der Waals surface area contributed by atoms with Crippen molar-refractivity contribution in [3.05, 3.63) is 71.9 Å². The fourth-order valence-corrected chi connectivity index (χ4v) is 3.39. The summed E-state index contributed by atoms with van der Waals surface area (Å²) < 4.78 is 10.5. The van der Waals surface area contributed by atoms with Gasteiger partial charge < -0.3 is 19.7 Å². The van der Waals surface area contributed by atoms with Crippen LogP contribution in [-0.2, 0) is 6.42 Å². The number of ether oxygens (including phenoxy) is 2. The van der Waals surface area contributed by atoms with Gasteiger partial charge in [0.25, 0.3) is 5.91 Å². The van der Waals surface area contributed by atoms with Gasteiger partial charge in [0.05, 0.1) is 26.1 Å². The molecular weight excluding hydrogens is 354 g/mol. The molecule has 1 aliphatic heterocycles. The highest BCUT2D eigenvalue weighted by Gasteiger charge is 2.20. The van der Waals surface area contributed by atoms with E-state index >= 15 is 0 Å². The maximum absolute atomic E-state index is 12.5. The summed E-state index contributed by atoms with van der Waals surface area (Å²) in [5.41, 5.74) is 4.03. The van der Waals surface area contributed by atoms with Crippen molar-refractivity contribution < 1.29 is 14.3 Å². The molecule has 1 amide bonds. The van der Waals surface area contributed by atoms with Crippen molar-refractivity contribution in [2.45, 2.75) is 6.42 Å². The second-order valence-corrected chi connectivity index (χ2v) is 6.46. The zero-order valence-electron chi connectivity index (χ0n) is 15.8. The predicted molar refractivity (Wildman–Crippen MR) is 109 cm³/mol. The minimum absolute atomic E-state index is 0.257. The van der Waals surface area contributed by atoms with Crippen LogP contribution in [0.1, 0.15) is 15.9 Å². The number of carbonyl (C=O) groups excluding carboxylic acids is 1. The van der Waals surface area contributed by atoms with Crippen LogP contribution in [0.4, 0.5) is 17.2 Å². The SMILES string of the molecule is COc1ccc(C(=O)Nc2ccc(N3CCc4ccccc43)cn2)cc1OC. The van der Waals surface area contributed by atoms with Gasteiger partial charge in [0.15, 0.2) is 11.5 Å². The topological polar surface area (TPSA) is 63.7 Å². The maximum atomic E-state index is 12.5. The summed E-state index contributed by atoms with van der Waals surface area (Å²) in [6.07, 6.45) is 2.81. The van der Waals surface area contributed by atoms with Crippen LogP contribution < -0.4 is 19.7 Å². The van der Waals surface area contributed by atoms with Crippen LogP contribution in [0.5, 0.6) is 11.5 Å².